The standard InChI is InChI=1S/C16H18N2O2/c1-14(13-20-16-10-6-3-7-11-16)18(17-19)12-15-8-4-2-5-9-15/h2-11,14H,12-13H2,1H3. The van der Waals surface area contributed by atoms with Gasteiger partial charge in [-0.2, -0.15) is 0 Å². The number of nitroso groups, excluding NO2 is 1. The Morgan fingerprint density at radius 3 is 2.25 bits per heavy atom. The van der Waals surface area contributed by atoms with Crippen LogP contribution in [0.5, 0.6) is 5.75 Å². The zero-order valence-corrected chi connectivity index (χ0v) is 11.5. The van der Waals surface area contributed by atoms with E-state index in [4.69, 9.17) is 4.74 Å². The van der Waals surface area contributed by atoms with Gasteiger partial charge in [0.25, 0.3) is 0 Å². The molecule has 0 radical (unpaired) electrons. The lowest BCUT2D eigenvalue weighted by molar-refractivity contribution is 0.142. The van der Waals surface area contributed by atoms with E-state index in [2.05, 4.69) is 5.29 Å². The van der Waals surface area contributed by atoms with Gasteiger partial charge in [0.15, 0.2) is 0 Å². The minimum Gasteiger partial charge on any atom is -0.491 e. The Kier molecular flexibility index (Phi) is 5.12. The Labute approximate surface area is 118 Å². The zero-order chi connectivity index (χ0) is 14.2. The van der Waals surface area contributed by atoms with E-state index in [0.29, 0.717) is 13.2 Å². The maximum absolute atomic E-state index is 11.0. The number of nitrogens with zero attached hydrogens (tertiary/aromatic N) is 2. The first-order chi connectivity index (χ1) is 9.79. The van der Waals surface area contributed by atoms with Crippen molar-refractivity contribution in [3.8, 4) is 5.75 Å². The Morgan fingerprint density at radius 2 is 1.65 bits per heavy atom. The quantitative estimate of drug-likeness (QED) is 0.570. The van der Waals surface area contributed by atoms with Crippen molar-refractivity contribution in [3.63, 3.8) is 0 Å². The smallest absolute Gasteiger partial charge is 0.119 e. The van der Waals surface area contributed by atoms with Crippen LogP contribution in [0.3, 0.4) is 0 Å². The van der Waals surface area contributed by atoms with E-state index in [1.165, 1.54) is 5.01 Å². The molecule has 4 nitrogen and oxygen atoms in total. The van der Waals surface area contributed by atoms with Crippen molar-refractivity contribution in [1.82, 2.24) is 5.01 Å². The van der Waals surface area contributed by atoms with Crippen LogP contribution in [0.15, 0.2) is 65.9 Å². The molecule has 0 fully saturated rings. The van der Waals surface area contributed by atoms with E-state index in [0.717, 1.165) is 11.3 Å². The van der Waals surface area contributed by atoms with Gasteiger partial charge in [0.2, 0.25) is 0 Å². The Morgan fingerprint density at radius 1 is 1.05 bits per heavy atom. The van der Waals surface area contributed by atoms with Gasteiger partial charge in [-0.3, -0.25) is 5.01 Å². The van der Waals surface area contributed by atoms with Crippen LogP contribution >= 0.6 is 0 Å². The summed E-state index contributed by atoms with van der Waals surface area (Å²) in [4.78, 5) is 11.0. The fourth-order valence-electron chi connectivity index (χ4n) is 1.86. The summed E-state index contributed by atoms with van der Waals surface area (Å²) < 4.78 is 5.65. The molecular formula is C16H18N2O2. The van der Waals surface area contributed by atoms with Crippen LogP contribution in [-0.2, 0) is 6.54 Å². The third-order valence-corrected chi connectivity index (χ3v) is 3.04. The van der Waals surface area contributed by atoms with Crippen molar-refractivity contribution in [2.45, 2.75) is 19.5 Å². The number of hydrogen-bond acceptors (Lipinski definition) is 3. The van der Waals surface area contributed by atoms with Crippen molar-refractivity contribution < 1.29 is 4.74 Å². The number of hydrogen-bond donors (Lipinski definition) is 0. The number of rotatable bonds is 7. The van der Waals surface area contributed by atoms with Crippen LogP contribution in [0.2, 0.25) is 0 Å². The van der Waals surface area contributed by atoms with Gasteiger partial charge in [0, 0.05) is 0 Å². The van der Waals surface area contributed by atoms with Gasteiger partial charge in [0.1, 0.15) is 12.4 Å². The van der Waals surface area contributed by atoms with Crippen molar-refractivity contribution in [3.05, 3.63) is 71.1 Å². The van der Waals surface area contributed by atoms with E-state index in [-0.39, 0.29) is 6.04 Å². The highest BCUT2D eigenvalue weighted by molar-refractivity contribution is 5.21. The van der Waals surface area contributed by atoms with Gasteiger partial charge in [-0.25, -0.2) is 0 Å². The first kappa shape index (κ1) is 14.1. The molecule has 4 heteroatoms. The number of para-hydroxylation sites is 1. The molecular weight excluding hydrogens is 252 g/mol. The summed E-state index contributed by atoms with van der Waals surface area (Å²) >= 11 is 0. The van der Waals surface area contributed by atoms with E-state index >= 15 is 0 Å². The highest BCUT2D eigenvalue weighted by atomic mass is 16.5. The van der Waals surface area contributed by atoms with Crippen molar-refractivity contribution in [2.24, 2.45) is 5.29 Å². The molecule has 0 spiro atoms. The van der Waals surface area contributed by atoms with Crippen molar-refractivity contribution in [1.29, 1.82) is 0 Å². The molecule has 20 heavy (non-hydrogen) atoms. The Bertz CT molecular complexity index is 517. The highest BCUT2D eigenvalue weighted by Crippen LogP contribution is 2.12. The molecule has 0 amide bonds. The summed E-state index contributed by atoms with van der Waals surface area (Å²) in [6.07, 6.45) is 0. The molecule has 0 aliphatic rings. The largest absolute Gasteiger partial charge is 0.491 e. The van der Waals surface area contributed by atoms with Crippen LogP contribution in [0.4, 0.5) is 0 Å². The first-order valence-corrected chi connectivity index (χ1v) is 6.61. The van der Waals surface area contributed by atoms with Crippen molar-refractivity contribution in [2.75, 3.05) is 6.61 Å². The fraction of sp³-hybridized carbons (Fsp3) is 0.250. The minimum absolute atomic E-state index is 0.0899. The van der Waals surface area contributed by atoms with E-state index in [9.17, 15) is 4.91 Å². The van der Waals surface area contributed by atoms with Crippen LogP contribution in [0.25, 0.3) is 0 Å². The van der Waals surface area contributed by atoms with E-state index in [1.54, 1.807) is 0 Å². The molecule has 1 unspecified atom stereocenters. The van der Waals surface area contributed by atoms with Crippen LogP contribution in [0, 0.1) is 4.91 Å². The molecule has 0 N–H and O–H groups in total. The summed E-state index contributed by atoms with van der Waals surface area (Å²) in [5.74, 6) is 0.796. The van der Waals surface area contributed by atoms with Gasteiger partial charge in [-0.1, -0.05) is 48.5 Å². The lowest BCUT2D eigenvalue weighted by Crippen LogP contribution is -2.32. The molecule has 2 rings (SSSR count). The average Bonchev–Trinajstić information content (AvgIpc) is 2.52. The van der Waals surface area contributed by atoms with Crippen LogP contribution in [-0.4, -0.2) is 17.7 Å². The molecule has 2 aromatic carbocycles. The third kappa shape index (κ3) is 4.09. The third-order valence-electron chi connectivity index (χ3n) is 3.04. The predicted octanol–water partition coefficient (Wildman–Crippen LogP) is 3.64. The maximum Gasteiger partial charge on any atom is 0.119 e. The zero-order valence-electron chi connectivity index (χ0n) is 11.5. The Balaban J connectivity index is 1.89. The van der Waals surface area contributed by atoms with Crippen molar-refractivity contribution >= 4 is 0 Å². The SMILES string of the molecule is CC(COc1ccccc1)N(Cc1ccccc1)N=O. The molecule has 1 atom stereocenters. The molecule has 0 aliphatic carbocycles. The molecule has 0 saturated heterocycles. The molecule has 0 heterocycles. The number of ether oxygens (including phenoxy) is 1. The van der Waals surface area contributed by atoms with Gasteiger partial charge in [-0.15, -0.1) is 4.91 Å². The highest BCUT2D eigenvalue weighted by Gasteiger charge is 2.14. The molecule has 0 saturated carbocycles. The molecule has 0 aromatic heterocycles. The second-order valence-corrected chi connectivity index (χ2v) is 4.64. The summed E-state index contributed by atoms with van der Waals surface area (Å²) in [7, 11) is 0. The van der Waals surface area contributed by atoms with Gasteiger partial charge < -0.3 is 4.74 Å². The minimum atomic E-state index is -0.0899. The monoisotopic (exact) mass is 270 g/mol. The predicted molar refractivity (Wildman–Crippen MR) is 79.2 cm³/mol. The van der Waals surface area contributed by atoms with E-state index in [1.807, 2.05) is 67.6 Å². The van der Waals surface area contributed by atoms with Gasteiger partial charge in [-0.05, 0) is 24.6 Å². The van der Waals surface area contributed by atoms with Crippen LogP contribution < -0.4 is 4.74 Å². The molecule has 104 valence electrons. The average molecular weight is 270 g/mol. The molecule has 0 bridgehead atoms. The summed E-state index contributed by atoms with van der Waals surface area (Å²) in [5, 5.41) is 4.60. The van der Waals surface area contributed by atoms with Gasteiger partial charge >= 0.3 is 0 Å². The second kappa shape index (κ2) is 7.28. The van der Waals surface area contributed by atoms with Crippen LogP contribution in [0.1, 0.15) is 12.5 Å². The lowest BCUT2D eigenvalue weighted by atomic mass is 10.2. The van der Waals surface area contributed by atoms with Gasteiger partial charge in [0.05, 0.1) is 17.9 Å². The molecule has 0 aliphatic heterocycles. The lowest BCUT2D eigenvalue weighted by Gasteiger charge is -2.23. The Hall–Kier alpha value is -2.36. The summed E-state index contributed by atoms with van der Waals surface area (Å²) in [6.45, 7) is 2.83. The normalized spacial score (nSPS) is 11.7. The molecule has 2 aromatic rings. The number of benzene rings is 2. The second-order valence-electron chi connectivity index (χ2n) is 4.64. The maximum atomic E-state index is 11.0. The summed E-state index contributed by atoms with van der Waals surface area (Å²) in [6, 6.07) is 19.3. The summed E-state index contributed by atoms with van der Waals surface area (Å²) in [5.41, 5.74) is 1.05. The topological polar surface area (TPSA) is 41.9 Å². The fourth-order valence-corrected chi connectivity index (χ4v) is 1.86. The van der Waals surface area contributed by atoms with E-state index < -0.39 is 0 Å². The first-order valence-electron chi connectivity index (χ1n) is 6.61.